The van der Waals surface area contributed by atoms with Crippen LogP contribution in [0.4, 0.5) is 0 Å². The quantitative estimate of drug-likeness (QED) is 0.861. The Kier molecular flexibility index (Phi) is 3.66. The maximum Gasteiger partial charge on any atom is 0.255 e. The molecule has 106 valence electrons. The molecule has 20 heavy (non-hydrogen) atoms. The monoisotopic (exact) mass is 289 g/mol. The molecular formula is C16H19NO2S. The molecule has 0 saturated heterocycles. The average Bonchev–Trinajstić information content (AvgIpc) is 3.04. The zero-order chi connectivity index (χ0) is 14.1. The number of thiophene rings is 1. The van der Waals surface area contributed by atoms with Gasteiger partial charge in [-0.1, -0.05) is 0 Å². The smallest absolute Gasteiger partial charge is 0.255 e. The lowest BCUT2D eigenvalue weighted by molar-refractivity contribution is 0.0774. The number of hydrogen-bond donors (Lipinski definition) is 0. The third-order valence-corrected chi connectivity index (χ3v) is 4.92. The number of furan rings is 1. The van der Waals surface area contributed by atoms with Gasteiger partial charge in [0.1, 0.15) is 11.5 Å². The lowest BCUT2D eigenvalue weighted by atomic mass is 9.95. The Labute approximate surface area is 123 Å². The molecule has 0 unspecified atom stereocenters. The summed E-state index contributed by atoms with van der Waals surface area (Å²) < 4.78 is 5.54. The van der Waals surface area contributed by atoms with E-state index in [0.29, 0.717) is 6.54 Å². The van der Waals surface area contributed by atoms with Crippen LogP contribution in [0.5, 0.6) is 0 Å². The highest BCUT2D eigenvalue weighted by molar-refractivity contribution is 7.10. The van der Waals surface area contributed by atoms with Gasteiger partial charge in [0, 0.05) is 17.3 Å². The van der Waals surface area contributed by atoms with Crippen LogP contribution < -0.4 is 0 Å². The maximum absolute atomic E-state index is 12.6. The van der Waals surface area contributed by atoms with E-state index in [2.05, 4.69) is 0 Å². The van der Waals surface area contributed by atoms with Gasteiger partial charge in [-0.25, -0.2) is 0 Å². The van der Waals surface area contributed by atoms with E-state index < -0.39 is 0 Å². The predicted molar refractivity (Wildman–Crippen MR) is 80.2 cm³/mol. The predicted octanol–water partition coefficient (Wildman–Crippen LogP) is 3.80. The van der Waals surface area contributed by atoms with Crippen molar-refractivity contribution in [3.05, 3.63) is 45.0 Å². The minimum atomic E-state index is 0.110. The Morgan fingerprint density at radius 3 is 2.90 bits per heavy atom. The minimum absolute atomic E-state index is 0.110. The van der Waals surface area contributed by atoms with Crippen molar-refractivity contribution in [2.45, 2.75) is 39.2 Å². The molecule has 0 spiro atoms. The Bertz CT molecular complexity index is 626. The standard InChI is InChI=1S/C16H19NO2S/c1-11-7-8-12(19-11)9-17(2)16(18)14-10-20-15-6-4-3-5-13(14)15/h7-8,10H,3-6,9H2,1-2H3. The molecule has 0 N–H and O–H groups in total. The van der Waals surface area contributed by atoms with Crippen molar-refractivity contribution in [2.24, 2.45) is 0 Å². The summed E-state index contributed by atoms with van der Waals surface area (Å²) in [5.74, 6) is 1.83. The first kappa shape index (κ1) is 13.4. The van der Waals surface area contributed by atoms with E-state index in [9.17, 15) is 4.79 Å². The van der Waals surface area contributed by atoms with Gasteiger partial charge in [-0.15, -0.1) is 11.3 Å². The van der Waals surface area contributed by atoms with Crippen LogP contribution in [-0.4, -0.2) is 17.9 Å². The molecule has 0 atom stereocenters. The molecule has 1 aliphatic carbocycles. The van der Waals surface area contributed by atoms with Crippen LogP contribution in [0.3, 0.4) is 0 Å². The summed E-state index contributed by atoms with van der Waals surface area (Å²) in [6.45, 7) is 2.44. The fraction of sp³-hybridized carbons (Fsp3) is 0.438. The van der Waals surface area contributed by atoms with Crippen molar-refractivity contribution in [3.8, 4) is 0 Å². The van der Waals surface area contributed by atoms with E-state index in [1.54, 1.807) is 16.2 Å². The SMILES string of the molecule is Cc1ccc(CN(C)C(=O)c2csc3c2CCCC3)o1. The first-order valence-corrected chi connectivity index (χ1v) is 7.93. The number of carbonyl (C=O) groups excluding carboxylic acids is 1. The van der Waals surface area contributed by atoms with E-state index in [1.807, 2.05) is 31.5 Å². The van der Waals surface area contributed by atoms with E-state index >= 15 is 0 Å². The van der Waals surface area contributed by atoms with Gasteiger partial charge < -0.3 is 9.32 Å². The van der Waals surface area contributed by atoms with Gasteiger partial charge in [-0.3, -0.25) is 4.79 Å². The van der Waals surface area contributed by atoms with Gasteiger partial charge >= 0.3 is 0 Å². The fourth-order valence-corrected chi connectivity index (χ4v) is 3.87. The Morgan fingerprint density at radius 1 is 1.35 bits per heavy atom. The number of amides is 1. The second-order valence-electron chi connectivity index (χ2n) is 5.43. The normalized spacial score (nSPS) is 14.1. The molecule has 0 bridgehead atoms. The largest absolute Gasteiger partial charge is 0.464 e. The first-order valence-electron chi connectivity index (χ1n) is 7.05. The van der Waals surface area contributed by atoms with Crippen LogP contribution in [0.15, 0.2) is 21.9 Å². The van der Waals surface area contributed by atoms with Crippen molar-refractivity contribution in [3.63, 3.8) is 0 Å². The Balaban J connectivity index is 1.76. The van der Waals surface area contributed by atoms with Crippen molar-refractivity contribution in [1.82, 2.24) is 4.90 Å². The van der Waals surface area contributed by atoms with Crippen LogP contribution in [-0.2, 0) is 19.4 Å². The van der Waals surface area contributed by atoms with Gasteiger partial charge in [-0.2, -0.15) is 0 Å². The third-order valence-electron chi connectivity index (χ3n) is 3.83. The number of hydrogen-bond acceptors (Lipinski definition) is 3. The zero-order valence-electron chi connectivity index (χ0n) is 11.9. The van der Waals surface area contributed by atoms with Crippen LogP contribution in [0.1, 0.15) is 45.2 Å². The maximum atomic E-state index is 12.6. The van der Waals surface area contributed by atoms with Crippen molar-refractivity contribution in [1.29, 1.82) is 0 Å². The summed E-state index contributed by atoms with van der Waals surface area (Å²) >= 11 is 1.74. The second kappa shape index (κ2) is 5.44. The summed E-state index contributed by atoms with van der Waals surface area (Å²) in [5.41, 5.74) is 2.18. The Hall–Kier alpha value is -1.55. The van der Waals surface area contributed by atoms with Crippen LogP contribution >= 0.6 is 11.3 Å². The van der Waals surface area contributed by atoms with Crippen molar-refractivity contribution in [2.75, 3.05) is 7.05 Å². The molecule has 0 aliphatic heterocycles. The number of fused-ring (bicyclic) bond motifs is 1. The van der Waals surface area contributed by atoms with Gasteiger partial charge in [0.05, 0.1) is 12.1 Å². The molecule has 4 heteroatoms. The highest BCUT2D eigenvalue weighted by atomic mass is 32.1. The molecule has 2 aromatic heterocycles. The van der Waals surface area contributed by atoms with Crippen LogP contribution in [0, 0.1) is 6.92 Å². The molecule has 3 nitrogen and oxygen atoms in total. The van der Waals surface area contributed by atoms with Crippen LogP contribution in [0.25, 0.3) is 0 Å². The van der Waals surface area contributed by atoms with Gasteiger partial charge in [0.15, 0.2) is 0 Å². The average molecular weight is 289 g/mol. The molecular weight excluding hydrogens is 270 g/mol. The summed E-state index contributed by atoms with van der Waals surface area (Å²) in [7, 11) is 1.84. The summed E-state index contributed by atoms with van der Waals surface area (Å²) in [5, 5.41) is 2.03. The van der Waals surface area contributed by atoms with E-state index in [-0.39, 0.29) is 5.91 Å². The van der Waals surface area contributed by atoms with Crippen molar-refractivity contribution >= 4 is 17.2 Å². The highest BCUT2D eigenvalue weighted by Gasteiger charge is 2.22. The third kappa shape index (κ3) is 2.52. The van der Waals surface area contributed by atoms with Crippen LogP contribution in [0.2, 0.25) is 0 Å². The topological polar surface area (TPSA) is 33.5 Å². The molecule has 2 aromatic rings. The molecule has 0 radical (unpaired) electrons. The lowest BCUT2D eigenvalue weighted by Gasteiger charge is -2.18. The van der Waals surface area contributed by atoms with Gasteiger partial charge in [-0.05, 0) is 50.3 Å². The lowest BCUT2D eigenvalue weighted by Crippen LogP contribution is -2.26. The first-order chi connectivity index (χ1) is 9.65. The fourth-order valence-electron chi connectivity index (χ4n) is 2.75. The summed E-state index contributed by atoms with van der Waals surface area (Å²) in [6.07, 6.45) is 4.63. The second-order valence-corrected chi connectivity index (χ2v) is 6.40. The van der Waals surface area contributed by atoms with E-state index in [4.69, 9.17) is 4.42 Å². The number of aryl methyl sites for hydroxylation is 2. The Morgan fingerprint density at radius 2 is 2.15 bits per heavy atom. The summed E-state index contributed by atoms with van der Waals surface area (Å²) in [4.78, 5) is 15.7. The molecule has 3 rings (SSSR count). The summed E-state index contributed by atoms with van der Waals surface area (Å²) in [6, 6.07) is 3.86. The van der Waals surface area contributed by atoms with E-state index in [0.717, 1.165) is 29.9 Å². The molecule has 2 heterocycles. The van der Waals surface area contributed by atoms with E-state index in [1.165, 1.54) is 23.3 Å². The molecule has 0 fully saturated rings. The van der Waals surface area contributed by atoms with Crippen molar-refractivity contribution < 1.29 is 9.21 Å². The number of carbonyl (C=O) groups is 1. The molecule has 1 amide bonds. The number of rotatable bonds is 3. The van der Waals surface area contributed by atoms with Gasteiger partial charge in [0.25, 0.3) is 5.91 Å². The number of nitrogens with zero attached hydrogens (tertiary/aromatic N) is 1. The highest BCUT2D eigenvalue weighted by Crippen LogP contribution is 2.31. The molecule has 0 aromatic carbocycles. The minimum Gasteiger partial charge on any atom is -0.464 e. The molecule has 0 saturated carbocycles. The van der Waals surface area contributed by atoms with Gasteiger partial charge in [0.2, 0.25) is 0 Å². The zero-order valence-corrected chi connectivity index (χ0v) is 12.8. The molecule has 1 aliphatic rings.